The highest BCUT2D eigenvalue weighted by atomic mass is 19.4. The van der Waals surface area contributed by atoms with Gasteiger partial charge in [0, 0.05) is 29.8 Å². The monoisotopic (exact) mass is 384 g/mol. The van der Waals surface area contributed by atoms with Crippen molar-refractivity contribution in [3.63, 3.8) is 0 Å². The molecule has 2 saturated heterocycles. The average Bonchev–Trinajstić information content (AvgIpc) is 2.82. The van der Waals surface area contributed by atoms with Crippen molar-refractivity contribution in [1.82, 2.24) is 9.88 Å². The molecule has 2 atom stereocenters. The number of hydrogen-bond donors (Lipinski definition) is 0. The zero-order valence-corrected chi connectivity index (χ0v) is 15.5. The molecule has 148 valence electrons. The van der Waals surface area contributed by atoms with Crippen LogP contribution in [-0.4, -0.2) is 39.4 Å². The molecule has 2 unspecified atom stereocenters. The normalized spacial score (nSPS) is 25.4. The summed E-state index contributed by atoms with van der Waals surface area (Å²) in [6, 6.07) is 1.90. The molecule has 1 aromatic heterocycles. The summed E-state index contributed by atoms with van der Waals surface area (Å²) in [5, 5.41) is 0. The summed E-state index contributed by atoms with van der Waals surface area (Å²) in [4.78, 5) is 30.2. The number of ether oxygens (including phenoxy) is 1. The highest BCUT2D eigenvalue weighted by molar-refractivity contribution is 5.98. The van der Waals surface area contributed by atoms with E-state index < -0.39 is 23.4 Å². The Kier molecular flexibility index (Phi) is 4.94. The van der Waals surface area contributed by atoms with Gasteiger partial charge in [0.25, 0.3) is 0 Å². The van der Waals surface area contributed by atoms with E-state index in [1.807, 2.05) is 0 Å². The van der Waals surface area contributed by atoms with Crippen LogP contribution in [0.1, 0.15) is 62.5 Å². The number of nitrogens with zero attached hydrogens (tertiary/aromatic N) is 2. The maximum atomic E-state index is 12.9. The Balaban J connectivity index is 1.73. The van der Waals surface area contributed by atoms with Gasteiger partial charge in [-0.1, -0.05) is 0 Å². The van der Waals surface area contributed by atoms with Gasteiger partial charge in [-0.3, -0.25) is 9.78 Å². The Bertz CT molecular complexity index is 728. The lowest BCUT2D eigenvalue weighted by atomic mass is 9.85. The van der Waals surface area contributed by atoms with E-state index in [4.69, 9.17) is 4.74 Å². The van der Waals surface area contributed by atoms with E-state index in [0.717, 1.165) is 25.1 Å². The molecule has 27 heavy (non-hydrogen) atoms. The smallest absolute Gasteiger partial charge is 0.433 e. The van der Waals surface area contributed by atoms with Crippen LogP contribution >= 0.6 is 0 Å². The number of halogens is 3. The molecule has 3 heterocycles. The van der Waals surface area contributed by atoms with E-state index in [9.17, 15) is 22.8 Å². The molecule has 1 aromatic rings. The number of carbonyl (C=O) groups is 2. The number of ketones is 1. The predicted octanol–water partition coefficient (Wildman–Crippen LogP) is 4.46. The zero-order valence-electron chi connectivity index (χ0n) is 15.5. The number of amides is 1. The first-order valence-electron chi connectivity index (χ1n) is 9.04. The van der Waals surface area contributed by atoms with Crippen LogP contribution in [0, 0.1) is 5.92 Å². The van der Waals surface area contributed by atoms with Gasteiger partial charge in [-0.15, -0.1) is 0 Å². The topological polar surface area (TPSA) is 59.5 Å². The van der Waals surface area contributed by atoms with Crippen molar-refractivity contribution in [3.05, 3.63) is 29.6 Å². The number of rotatable bonds is 2. The summed E-state index contributed by atoms with van der Waals surface area (Å²) in [6.45, 7) is 5.39. The second kappa shape index (κ2) is 6.80. The number of carbonyl (C=O) groups excluding carboxylic acids is 2. The number of hydrogen-bond acceptors (Lipinski definition) is 4. The average molecular weight is 384 g/mol. The third-order valence-corrected chi connectivity index (χ3v) is 5.04. The van der Waals surface area contributed by atoms with Crippen molar-refractivity contribution in [2.24, 2.45) is 5.92 Å². The van der Waals surface area contributed by atoms with Crippen LogP contribution in [0.4, 0.5) is 18.0 Å². The van der Waals surface area contributed by atoms with Crippen molar-refractivity contribution in [3.8, 4) is 0 Å². The second-order valence-electron chi connectivity index (χ2n) is 8.23. The maximum absolute atomic E-state index is 12.9. The fourth-order valence-corrected chi connectivity index (χ4v) is 3.98. The van der Waals surface area contributed by atoms with Crippen LogP contribution in [0.15, 0.2) is 18.3 Å². The molecule has 0 N–H and O–H groups in total. The number of Topliss-reactive ketones (excluding diaryl/α,β-unsaturated/α-hetero) is 1. The SMILES string of the molecule is CC(C)(C)OC(=O)N1C2CCC1CC(C(=O)c1ccnc(C(F)(F)F)c1)C2. The molecule has 0 radical (unpaired) electrons. The largest absolute Gasteiger partial charge is 0.444 e. The highest BCUT2D eigenvalue weighted by Crippen LogP contribution is 2.41. The fraction of sp³-hybridized carbons (Fsp3) is 0.632. The quantitative estimate of drug-likeness (QED) is 0.707. The number of aromatic nitrogens is 1. The van der Waals surface area contributed by atoms with Gasteiger partial charge in [-0.2, -0.15) is 13.2 Å². The van der Waals surface area contributed by atoms with Crippen LogP contribution in [0.5, 0.6) is 0 Å². The molecule has 8 heteroatoms. The molecule has 1 amide bonds. The molecular weight excluding hydrogens is 361 g/mol. The molecule has 2 bridgehead atoms. The van der Waals surface area contributed by atoms with E-state index in [1.165, 1.54) is 6.07 Å². The Hall–Kier alpha value is -2.12. The number of alkyl halides is 3. The molecule has 5 nitrogen and oxygen atoms in total. The molecule has 0 saturated carbocycles. The Labute approximate surface area is 155 Å². The lowest BCUT2D eigenvalue weighted by molar-refractivity contribution is -0.141. The third kappa shape index (κ3) is 4.25. The fourth-order valence-electron chi connectivity index (χ4n) is 3.98. The van der Waals surface area contributed by atoms with Crippen LogP contribution in [0.3, 0.4) is 0 Å². The standard InChI is InChI=1S/C19H23F3N2O3/c1-18(2,3)27-17(26)24-13-4-5-14(24)9-12(8-13)16(25)11-6-7-23-15(10-11)19(20,21)22/h6-7,10,12-14H,4-5,8-9H2,1-3H3. The summed E-state index contributed by atoms with van der Waals surface area (Å²) < 4.78 is 44.0. The van der Waals surface area contributed by atoms with E-state index in [-0.39, 0.29) is 29.5 Å². The van der Waals surface area contributed by atoms with Crippen LogP contribution in [0.2, 0.25) is 0 Å². The van der Waals surface area contributed by atoms with Gasteiger partial charge in [-0.25, -0.2) is 4.79 Å². The molecule has 2 aliphatic rings. The number of pyridine rings is 1. The van der Waals surface area contributed by atoms with E-state index in [0.29, 0.717) is 12.8 Å². The Morgan fingerprint density at radius 2 is 1.74 bits per heavy atom. The van der Waals surface area contributed by atoms with E-state index in [1.54, 1.807) is 25.7 Å². The van der Waals surface area contributed by atoms with Crippen molar-refractivity contribution in [1.29, 1.82) is 0 Å². The lowest BCUT2D eigenvalue weighted by Crippen LogP contribution is -2.49. The molecule has 2 fully saturated rings. The zero-order chi connectivity index (χ0) is 20.0. The van der Waals surface area contributed by atoms with Crippen LogP contribution < -0.4 is 0 Å². The number of fused-ring (bicyclic) bond motifs is 2. The van der Waals surface area contributed by atoms with Crippen molar-refractivity contribution in [2.75, 3.05) is 0 Å². The minimum absolute atomic E-state index is 0.0208. The molecule has 0 aliphatic carbocycles. The van der Waals surface area contributed by atoms with E-state index >= 15 is 0 Å². The van der Waals surface area contributed by atoms with Crippen molar-refractivity contribution < 1.29 is 27.5 Å². The van der Waals surface area contributed by atoms with Gasteiger partial charge in [-0.05, 0) is 58.6 Å². The minimum atomic E-state index is -4.59. The van der Waals surface area contributed by atoms with Gasteiger partial charge in [0.15, 0.2) is 5.78 Å². The summed E-state index contributed by atoms with van der Waals surface area (Å²) in [5.74, 6) is -0.715. The summed E-state index contributed by atoms with van der Waals surface area (Å²) in [7, 11) is 0. The first-order chi connectivity index (χ1) is 12.5. The van der Waals surface area contributed by atoms with E-state index in [2.05, 4.69) is 4.98 Å². The van der Waals surface area contributed by atoms with Gasteiger partial charge in [0.1, 0.15) is 11.3 Å². The lowest BCUT2D eigenvalue weighted by Gasteiger charge is -2.39. The Morgan fingerprint density at radius 1 is 1.15 bits per heavy atom. The maximum Gasteiger partial charge on any atom is 0.433 e. The molecule has 3 rings (SSSR count). The van der Waals surface area contributed by atoms with Crippen molar-refractivity contribution in [2.45, 2.75) is 70.3 Å². The minimum Gasteiger partial charge on any atom is -0.444 e. The summed E-state index contributed by atoms with van der Waals surface area (Å²) >= 11 is 0. The summed E-state index contributed by atoms with van der Waals surface area (Å²) in [6.07, 6.45) is -1.52. The third-order valence-electron chi connectivity index (χ3n) is 5.04. The first kappa shape index (κ1) is 19.6. The van der Waals surface area contributed by atoms with Crippen molar-refractivity contribution >= 4 is 11.9 Å². The molecule has 0 aromatic carbocycles. The first-order valence-corrected chi connectivity index (χ1v) is 9.04. The van der Waals surface area contributed by atoms with Crippen LogP contribution in [-0.2, 0) is 10.9 Å². The molecule has 2 aliphatic heterocycles. The highest BCUT2D eigenvalue weighted by Gasteiger charge is 2.46. The molecule has 0 spiro atoms. The second-order valence-corrected chi connectivity index (χ2v) is 8.23. The van der Waals surface area contributed by atoms with Gasteiger partial charge < -0.3 is 9.64 Å². The van der Waals surface area contributed by atoms with Crippen LogP contribution in [0.25, 0.3) is 0 Å². The van der Waals surface area contributed by atoms with Gasteiger partial charge in [0.2, 0.25) is 0 Å². The number of piperidine rings is 1. The van der Waals surface area contributed by atoms with Gasteiger partial charge >= 0.3 is 12.3 Å². The summed E-state index contributed by atoms with van der Waals surface area (Å²) in [5.41, 5.74) is -1.65. The van der Waals surface area contributed by atoms with Gasteiger partial charge in [0.05, 0.1) is 0 Å². The predicted molar refractivity (Wildman–Crippen MR) is 91.2 cm³/mol. The molecular formula is C19H23F3N2O3. The Morgan fingerprint density at radius 3 is 2.26 bits per heavy atom.